The van der Waals surface area contributed by atoms with E-state index in [1.54, 1.807) is 6.07 Å². The summed E-state index contributed by atoms with van der Waals surface area (Å²) in [4.78, 5) is 4.08. The molecule has 0 aliphatic heterocycles. The molecule has 0 amide bonds. The Labute approximate surface area is 114 Å². The third kappa shape index (κ3) is 3.28. The van der Waals surface area contributed by atoms with Crippen molar-refractivity contribution in [1.82, 2.24) is 10.1 Å². The van der Waals surface area contributed by atoms with E-state index in [2.05, 4.69) is 10.1 Å². The summed E-state index contributed by atoms with van der Waals surface area (Å²) in [6.07, 6.45) is -0.488. The molecule has 0 saturated carbocycles. The summed E-state index contributed by atoms with van der Waals surface area (Å²) in [5.41, 5.74) is 6.35. The van der Waals surface area contributed by atoms with Crippen LogP contribution in [0.4, 0.5) is 4.39 Å². The number of hydrogen-bond acceptors (Lipinski definition) is 5. The Morgan fingerprint density at radius 1 is 1.53 bits per heavy atom. The van der Waals surface area contributed by atoms with Crippen LogP contribution in [0.15, 0.2) is 22.7 Å². The molecule has 2 atom stereocenters. The first-order valence-corrected chi connectivity index (χ1v) is 6.05. The highest BCUT2D eigenvalue weighted by molar-refractivity contribution is 6.31. The number of nitrogens with two attached hydrogens (primary N) is 1. The number of aliphatic hydroxyl groups is 1. The van der Waals surface area contributed by atoms with Gasteiger partial charge in [0.2, 0.25) is 5.89 Å². The minimum Gasteiger partial charge on any atom is -0.391 e. The molecule has 7 heteroatoms. The number of rotatable bonds is 4. The van der Waals surface area contributed by atoms with Crippen molar-refractivity contribution in [3.8, 4) is 0 Å². The van der Waals surface area contributed by atoms with Crippen LogP contribution in [0.25, 0.3) is 0 Å². The van der Waals surface area contributed by atoms with Crippen molar-refractivity contribution >= 4 is 11.6 Å². The van der Waals surface area contributed by atoms with Gasteiger partial charge in [0, 0.05) is 11.4 Å². The summed E-state index contributed by atoms with van der Waals surface area (Å²) in [6, 6.07) is 3.36. The summed E-state index contributed by atoms with van der Waals surface area (Å²) >= 11 is 5.91. The van der Waals surface area contributed by atoms with Gasteiger partial charge in [-0.05, 0) is 24.6 Å². The highest BCUT2D eigenvalue weighted by atomic mass is 35.5. The Morgan fingerprint density at radius 2 is 2.26 bits per heavy atom. The molecule has 0 spiro atoms. The molecule has 1 heterocycles. The van der Waals surface area contributed by atoms with Gasteiger partial charge in [-0.1, -0.05) is 22.8 Å². The predicted octanol–water partition coefficient (Wildman–Crippen LogP) is 1.83. The lowest BCUT2D eigenvalue weighted by molar-refractivity contribution is 0.146. The van der Waals surface area contributed by atoms with Crippen molar-refractivity contribution in [2.45, 2.75) is 25.5 Å². The van der Waals surface area contributed by atoms with E-state index in [1.807, 2.05) is 0 Å². The summed E-state index contributed by atoms with van der Waals surface area (Å²) in [5.74, 6) is 0.126. The van der Waals surface area contributed by atoms with E-state index in [0.717, 1.165) is 0 Å². The quantitative estimate of drug-likeness (QED) is 0.895. The van der Waals surface area contributed by atoms with Crippen molar-refractivity contribution in [2.24, 2.45) is 5.73 Å². The van der Waals surface area contributed by atoms with Crippen LogP contribution in [-0.2, 0) is 6.42 Å². The fourth-order valence-corrected chi connectivity index (χ4v) is 1.75. The van der Waals surface area contributed by atoms with Crippen LogP contribution >= 0.6 is 11.6 Å². The largest absolute Gasteiger partial charge is 0.391 e. The fourth-order valence-electron chi connectivity index (χ4n) is 1.52. The Hall–Kier alpha value is -1.50. The van der Waals surface area contributed by atoms with Gasteiger partial charge in [0.05, 0.1) is 6.10 Å². The number of aromatic nitrogens is 2. The van der Waals surface area contributed by atoms with Crippen LogP contribution in [0.1, 0.15) is 30.2 Å². The number of aliphatic hydroxyl groups excluding tert-OH is 1. The van der Waals surface area contributed by atoms with E-state index < -0.39 is 18.0 Å². The van der Waals surface area contributed by atoms with Crippen LogP contribution < -0.4 is 5.73 Å². The van der Waals surface area contributed by atoms with Crippen molar-refractivity contribution in [3.63, 3.8) is 0 Å². The smallest absolute Gasteiger partial charge is 0.246 e. The van der Waals surface area contributed by atoms with E-state index in [-0.39, 0.29) is 5.89 Å². The van der Waals surface area contributed by atoms with Gasteiger partial charge >= 0.3 is 0 Å². The first-order valence-electron chi connectivity index (χ1n) is 5.67. The number of nitrogens with zero attached hydrogens (tertiary/aromatic N) is 2. The molecule has 5 nitrogen and oxygen atoms in total. The normalized spacial score (nSPS) is 14.4. The number of hydrogen-bond donors (Lipinski definition) is 2. The van der Waals surface area contributed by atoms with Gasteiger partial charge in [-0.2, -0.15) is 4.98 Å². The fraction of sp³-hybridized carbons (Fsp3) is 0.333. The maximum absolute atomic E-state index is 12.9. The van der Waals surface area contributed by atoms with Gasteiger partial charge in [0.25, 0.3) is 0 Å². The molecule has 0 saturated heterocycles. The molecule has 19 heavy (non-hydrogen) atoms. The monoisotopic (exact) mass is 285 g/mol. The number of benzene rings is 1. The molecule has 0 aliphatic rings. The Bertz CT molecular complexity index is 574. The van der Waals surface area contributed by atoms with Crippen LogP contribution in [0.3, 0.4) is 0 Å². The summed E-state index contributed by atoms with van der Waals surface area (Å²) in [7, 11) is 0. The Balaban J connectivity index is 2.16. The molecular weight excluding hydrogens is 273 g/mol. The lowest BCUT2D eigenvalue weighted by Gasteiger charge is -2.08. The van der Waals surface area contributed by atoms with Gasteiger partial charge in [0.1, 0.15) is 11.9 Å². The minimum absolute atomic E-state index is 0.156. The zero-order valence-electron chi connectivity index (χ0n) is 10.2. The average molecular weight is 286 g/mol. The summed E-state index contributed by atoms with van der Waals surface area (Å²) < 4.78 is 17.9. The average Bonchev–Trinajstić information content (AvgIpc) is 2.80. The number of halogens is 2. The van der Waals surface area contributed by atoms with E-state index in [1.165, 1.54) is 19.1 Å². The molecule has 2 rings (SSSR count). The van der Waals surface area contributed by atoms with Crippen LogP contribution in [0, 0.1) is 5.82 Å². The molecule has 0 aliphatic carbocycles. The highest BCUT2D eigenvalue weighted by Crippen LogP contribution is 2.20. The minimum atomic E-state index is -0.789. The Morgan fingerprint density at radius 3 is 2.89 bits per heavy atom. The molecule has 0 bridgehead atoms. The lowest BCUT2D eigenvalue weighted by Crippen LogP contribution is -2.23. The van der Waals surface area contributed by atoms with Crippen molar-refractivity contribution in [1.29, 1.82) is 0 Å². The molecule has 0 unspecified atom stereocenters. The van der Waals surface area contributed by atoms with Gasteiger partial charge < -0.3 is 15.4 Å². The third-order valence-electron chi connectivity index (χ3n) is 2.65. The Kier molecular flexibility index (Phi) is 4.14. The zero-order chi connectivity index (χ0) is 14.0. The lowest BCUT2D eigenvalue weighted by atomic mass is 10.1. The van der Waals surface area contributed by atoms with E-state index in [0.29, 0.717) is 22.8 Å². The van der Waals surface area contributed by atoms with Crippen LogP contribution in [0.2, 0.25) is 5.02 Å². The molecule has 0 radical (unpaired) electrons. The molecule has 1 aromatic carbocycles. The second-order valence-corrected chi connectivity index (χ2v) is 4.63. The van der Waals surface area contributed by atoms with E-state index >= 15 is 0 Å². The van der Waals surface area contributed by atoms with Crippen LogP contribution in [-0.4, -0.2) is 21.4 Å². The van der Waals surface area contributed by atoms with Crippen LogP contribution in [0.5, 0.6) is 0 Å². The van der Waals surface area contributed by atoms with Gasteiger partial charge in [0.15, 0.2) is 5.82 Å². The molecule has 0 fully saturated rings. The molecule has 102 valence electrons. The standard InChI is InChI=1S/C12H13ClFN3O2/c1-6(18)11(15)12-16-10(17-19-12)4-7-2-3-8(14)5-9(7)13/h2-3,5-6,11,18H,4,15H2,1H3/t6-,11+/m1/s1. The van der Waals surface area contributed by atoms with Gasteiger partial charge in [-0.15, -0.1) is 0 Å². The molecule has 3 N–H and O–H groups in total. The van der Waals surface area contributed by atoms with E-state index in [9.17, 15) is 9.50 Å². The highest BCUT2D eigenvalue weighted by Gasteiger charge is 2.19. The van der Waals surface area contributed by atoms with E-state index in [4.69, 9.17) is 21.9 Å². The predicted molar refractivity (Wildman–Crippen MR) is 67.1 cm³/mol. The van der Waals surface area contributed by atoms with Crippen molar-refractivity contribution in [2.75, 3.05) is 0 Å². The first-order chi connectivity index (χ1) is 8.97. The molecule has 1 aromatic heterocycles. The zero-order valence-corrected chi connectivity index (χ0v) is 10.9. The second kappa shape index (κ2) is 5.64. The van der Waals surface area contributed by atoms with Crippen molar-refractivity contribution in [3.05, 3.63) is 46.3 Å². The third-order valence-corrected chi connectivity index (χ3v) is 3.00. The van der Waals surface area contributed by atoms with Gasteiger partial charge in [-0.3, -0.25) is 0 Å². The SMILES string of the molecule is C[C@@H](O)[C@H](N)c1nc(Cc2ccc(F)cc2Cl)no1. The molecular formula is C12H13ClFN3O2. The van der Waals surface area contributed by atoms with Crippen molar-refractivity contribution < 1.29 is 14.0 Å². The topological polar surface area (TPSA) is 85.2 Å². The maximum Gasteiger partial charge on any atom is 0.246 e. The first kappa shape index (κ1) is 13.9. The summed E-state index contributed by atoms with van der Waals surface area (Å²) in [6.45, 7) is 1.53. The maximum atomic E-state index is 12.9. The molecule has 2 aromatic rings. The summed E-state index contributed by atoms with van der Waals surface area (Å²) in [5, 5.41) is 13.4. The van der Waals surface area contributed by atoms with Gasteiger partial charge in [-0.25, -0.2) is 4.39 Å². The second-order valence-electron chi connectivity index (χ2n) is 4.23.